The maximum absolute atomic E-state index is 11.9. The summed E-state index contributed by atoms with van der Waals surface area (Å²) < 4.78 is 31.0. The van der Waals surface area contributed by atoms with Gasteiger partial charge in [-0.1, -0.05) is 0 Å². The lowest BCUT2D eigenvalue weighted by Gasteiger charge is -2.14. The lowest BCUT2D eigenvalue weighted by molar-refractivity contribution is 0.326. The van der Waals surface area contributed by atoms with E-state index in [0.29, 0.717) is 46.6 Å². The first kappa shape index (κ1) is 20.9. The number of fused-ring (bicyclic) bond motifs is 1. The molecule has 4 N–H and O–H groups in total. The summed E-state index contributed by atoms with van der Waals surface area (Å²) in [6.07, 6.45) is 4.82. The number of nitriles is 1. The van der Waals surface area contributed by atoms with Gasteiger partial charge in [-0.05, 0) is 31.0 Å². The van der Waals surface area contributed by atoms with Crippen molar-refractivity contribution in [1.29, 1.82) is 5.26 Å². The van der Waals surface area contributed by atoms with Gasteiger partial charge >= 0.3 is 0 Å². The number of anilines is 3. The molecular weight excluding hydrogens is 418 g/mol. The second kappa shape index (κ2) is 8.41. The van der Waals surface area contributed by atoms with Gasteiger partial charge in [0.05, 0.1) is 11.9 Å². The van der Waals surface area contributed by atoms with Gasteiger partial charge in [0, 0.05) is 36.2 Å². The number of nitrogens with two attached hydrogens (primary N) is 1. The topological polar surface area (TPSA) is 147 Å². The molecule has 4 rings (SSSR count). The maximum Gasteiger partial charge on any atom is 0.177 e. The molecule has 31 heavy (non-hydrogen) atoms. The van der Waals surface area contributed by atoms with Crippen molar-refractivity contribution in [2.24, 2.45) is 5.73 Å². The summed E-state index contributed by atoms with van der Waals surface area (Å²) in [5, 5.41) is 20.2. The Morgan fingerprint density at radius 3 is 2.84 bits per heavy atom. The van der Waals surface area contributed by atoms with Crippen molar-refractivity contribution in [3.8, 4) is 11.8 Å². The van der Waals surface area contributed by atoms with Gasteiger partial charge in [-0.3, -0.25) is 0 Å². The number of benzene rings is 1. The average Bonchev–Trinajstić information content (AvgIpc) is 3.42. The van der Waals surface area contributed by atoms with Crippen LogP contribution in [0.5, 0.6) is 5.75 Å². The van der Waals surface area contributed by atoms with Crippen molar-refractivity contribution in [3.63, 3.8) is 0 Å². The smallest absolute Gasteiger partial charge is 0.177 e. The first-order valence-electron chi connectivity index (χ1n) is 9.82. The Kier molecular flexibility index (Phi) is 5.67. The van der Waals surface area contributed by atoms with Crippen LogP contribution in [0.25, 0.3) is 5.65 Å². The molecule has 1 fully saturated rings. The Labute approximate surface area is 179 Å². The number of aromatic nitrogens is 3. The molecule has 1 aliphatic rings. The molecule has 162 valence electrons. The minimum Gasteiger partial charge on any atom is -0.492 e. The van der Waals surface area contributed by atoms with Gasteiger partial charge in [-0.25, -0.2) is 13.4 Å². The number of sulfone groups is 1. The van der Waals surface area contributed by atoms with Gasteiger partial charge in [0.15, 0.2) is 15.5 Å². The fourth-order valence-electron chi connectivity index (χ4n) is 3.16. The molecule has 2 heterocycles. The molecule has 0 aliphatic heterocycles. The average molecular weight is 442 g/mol. The summed E-state index contributed by atoms with van der Waals surface area (Å²) in [7, 11) is -3.27. The van der Waals surface area contributed by atoms with E-state index in [1.807, 2.05) is 6.07 Å². The molecule has 10 nitrogen and oxygen atoms in total. The van der Waals surface area contributed by atoms with Crippen LogP contribution in [0.15, 0.2) is 30.5 Å². The minimum atomic E-state index is -3.27. The fourth-order valence-corrected chi connectivity index (χ4v) is 3.95. The largest absolute Gasteiger partial charge is 0.492 e. The number of hydrogen-bond donors (Lipinski definition) is 3. The molecule has 0 bridgehead atoms. The second-order valence-corrected chi connectivity index (χ2v) is 9.65. The van der Waals surface area contributed by atoms with Crippen LogP contribution in [0.4, 0.5) is 17.3 Å². The molecule has 1 saturated carbocycles. The number of ether oxygens (including phenoxy) is 1. The van der Waals surface area contributed by atoms with Gasteiger partial charge in [0.1, 0.15) is 35.6 Å². The van der Waals surface area contributed by atoms with Crippen molar-refractivity contribution in [2.45, 2.75) is 24.6 Å². The Bertz CT molecular complexity index is 1260. The van der Waals surface area contributed by atoms with E-state index in [1.54, 1.807) is 22.7 Å². The number of nitrogens with one attached hydrogen (secondary N) is 2. The van der Waals surface area contributed by atoms with Crippen LogP contribution in [0, 0.1) is 11.3 Å². The van der Waals surface area contributed by atoms with E-state index in [0.717, 1.165) is 18.7 Å². The summed E-state index contributed by atoms with van der Waals surface area (Å²) in [5.74, 6) is 1.55. The Hall–Kier alpha value is -3.36. The van der Waals surface area contributed by atoms with Crippen molar-refractivity contribution < 1.29 is 13.2 Å². The van der Waals surface area contributed by atoms with Crippen molar-refractivity contribution in [3.05, 3.63) is 41.6 Å². The molecule has 0 saturated heterocycles. The zero-order valence-electron chi connectivity index (χ0n) is 17.0. The molecule has 0 amide bonds. The van der Waals surface area contributed by atoms with Crippen LogP contribution in [-0.4, -0.2) is 48.5 Å². The summed E-state index contributed by atoms with van der Waals surface area (Å²) >= 11 is 0. The molecule has 3 aromatic rings. The van der Waals surface area contributed by atoms with E-state index in [4.69, 9.17) is 10.5 Å². The predicted molar refractivity (Wildman–Crippen MR) is 117 cm³/mol. The predicted octanol–water partition coefficient (Wildman–Crippen LogP) is 1.80. The number of hydrogen-bond acceptors (Lipinski definition) is 9. The van der Waals surface area contributed by atoms with Gasteiger partial charge in [-0.2, -0.15) is 14.9 Å². The Morgan fingerprint density at radius 2 is 2.16 bits per heavy atom. The van der Waals surface area contributed by atoms with Crippen LogP contribution < -0.4 is 21.1 Å². The van der Waals surface area contributed by atoms with E-state index in [1.165, 1.54) is 12.5 Å². The zero-order chi connectivity index (χ0) is 22.0. The molecule has 11 heteroatoms. The van der Waals surface area contributed by atoms with E-state index in [-0.39, 0.29) is 12.4 Å². The van der Waals surface area contributed by atoms with E-state index < -0.39 is 9.84 Å². The lowest BCUT2D eigenvalue weighted by atomic mass is 10.2. The summed E-state index contributed by atoms with van der Waals surface area (Å²) in [4.78, 5) is 4.53. The first-order valence-corrected chi connectivity index (χ1v) is 11.9. The van der Waals surface area contributed by atoms with Crippen LogP contribution in [0.2, 0.25) is 0 Å². The van der Waals surface area contributed by atoms with Crippen LogP contribution in [-0.2, 0) is 15.6 Å². The van der Waals surface area contributed by atoms with Crippen LogP contribution in [0.3, 0.4) is 0 Å². The fraction of sp³-hybridized carbons (Fsp3) is 0.350. The van der Waals surface area contributed by atoms with Gasteiger partial charge in [-0.15, -0.1) is 0 Å². The SMILES string of the molecule is CS(=O)(=O)Cc1cc(Nc2cc(NC3CC3)n3ncc(C#N)c3n2)ccc1OCCN. The molecule has 0 radical (unpaired) electrons. The lowest BCUT2D eigenvalue weighted by Crippen LogP contribution is -2.12. The summed E-state index contributed by atoms with van der Waals surface area (Å²) in [6.45, 7) is 0.613. The molecule has 0 spiro atoms. The minimum absolute atomic E-state index is 0.162. The van der Waals surface area contributed by atoms with E-state index in [2.05, 4.69) is 26.8 Å². The van der Waals surface area contributed by atoms with Crippen LogP contribution >= 0.6 is 0 Å². The van der Waals surface area contributed by atoms with Crippen molar-refractivity contribution in [2.75, 3.05) is 30.0 Å². The third-order valence-electron chi connectivity index (χ3n) is 4.65. The monoisotopic (exact) mass is 441 g/mol. The molecule has 0 unspecified atom stereocenters. The third kappa shape index (κ3) is 5.04. The van der Waals surface area contributed by atoms with Gasteiger partial charge < -0.3 is 21.1 Å². The zero-order valence-corrected chi connectivity index (χ0v) is 17.8. The van der Waals surface area contributed by atoms with E-state index in [9.17, 15) is 13.7 Å². The highest BCUT2D eigenvalue weighted by Crippen LogP contribution is 2.30. The Morgan fingerprint density at radius 1 is 1.35 bits per heavy atom. The second-order valence-electron chi connectivity index (χ2n) is 7.51. The third-order valence-corrected chi connectivity index (χ3v) is 5.48. The highest BCUT2D eigenvalue weighted by Gasteiger charge is 2.23. The van der Waals surface area contributed by atoms with E-state index >= 15 is 0 Å². The summed E-state index contributed by atoms with van der Waals surface area (Å²) in [5.41, 5.74) is 7.48. The normalized spacial score (nSPS) is 13.7. The summed E-state index contributed by atoms with van der Waals surface area (Å²) in [6, 6.07) is 9.50. The number of nitrogens with zero attached hydrogens (tertiary/aromatic N) is 4. The molecule has 1 aromatic carbocycles. The first-order chi connectivity index (χ1) is 14.9. The van der Waals surface area contributed by atoms with Crippen molar-refractivity contribution in [1.82, 2.24) is 14.6 Å². The quantitative estimate of drug-likeness (QED) is 0.452. The standard InChI is InChI=1S/C20H23N7O3S/c1-31(28,29)12-13-8-16(4-5-17(13)30-7-6-21)24-18-9-19(25-15-2-3-15)27-20(26-18)14(10-22)11-23-27/h4-5,8-9,11,15,25H,2-3,6-7,12,21H2,1H3,(H,24,26). The maximum atomic E-state index is 11.9. The number of rotatable bonds is 9. The molecule has 0 atom stereocenters. The van der Waals surface area contributed by atoms with Crippen molar-refractivity contribution >= 4 is 32.8 Å². The molecule has 1 aliphatic carbocycles. The highest BCUT2D eigenvalue weighted by molar-refractivity contribution is 7.89. The van der Waals surface area contributed by atoms with Gasteiger partial charge in [0.2, 0.25) is 0 Å². The Balaban J connectivity index is 1.69. The van der Waals surface area contributed by atoms with Crippen LogP contribution in [0.1, 0.15) is 24.0 Å². The highest BCUT2D eigenvalue weighted by atomic mass is 32.2. The molecule has 2 aromatic heterocycles. The van der Waals surface area contributed by atoms with Gasteiger partial charge in [0.25, 0.3) is 0 Å². The molecular formula is C20H23N7O3S.